The quantitative estimate of drug-likeness (QED) is 0.453. The molecule has 0 spiro atoms. The van der Waals surface area contributed by atoms with Crippen LogP contribution in [-0.4, -0.2) is 28.4 Å². The molecular formula is C14H12F2N2O5S2. The molecule has 0 saturated heterocycles. The maximum atomic E-state index is 13.5. The molecular weight excluding hydrogens is 378 g/mol. The smallest absolute Gasteiger partial charge is 0.361 e. The summed E-state index contributed by atoms with van der Waals surface area (Å²) in [5, 5.41) is 3.01. The Kier molecular flexibility index (Phi) is 5.38. The fraction of sp³-hybridized carbons (Fsp3) is 0.0714. The summed E-state index contributed by atoms with van der Waals surface area (Å²) >= 11 is 0. The van der Waals surface area contributed by atoms with Crippen molar-refractivity contribution in [2.24, 2.45) is 10.9 Å². The van der Waals surface area contributed by atoms with Gasteiger partial charge in [-0.2, -0.15) is 8.42 Å². The number of oxime groups is 1. The van der Waals surface area contributed by atoms with Crippen molar-refractivity contribution in [3.8, 4) is 0 Å². The Morgan fingerprint density at radius 1 is 1.04 bits per heavy atom. The van der Waals surface area contributed by atoms with E-state index in [9.17, 15) is 25.6 Å². The van der Waals surface area contributed by atoms with Crippen LogP contribution < -0.4 is 5.73 Å². The standard InChI is InChI=1S/C14H12F2N2O5S2/c15-10-6-7-13(12(16)8-10)25(21,22)23-18-14(17)9-24(19,20)11-4-2-1-3-5-11/h1-8H,9H2,(H2,17,18). The number of halogens is 2. The van der Waals surface area contributed by atoms with Crippen LogP contribution >= 0.6 is 0 Å². The van der Waals surface area contributed by atoms with Crippen LogP contribution in [0.1, 0.15) is 0 Å². The minimum absolute atomic E-state index is 0.0411. The molecule has 7 nitrogen and oxygen atoms in total. The lowest BCUT2D eigenvalue weighted by Crippen LogP contribution is -2.24. The number of hydrogen-bond acceptors (Lipinski definition) is 6. The van der Waals surface area contributed by atoms with Gasteiger partial charge in [-0.1, -0.05) is 23.4 Å². The average Bonchev–Trinajstić information content (AvgIpc) is 2.53. The van der Waals surface area contributed by atoms with Crippen molar-refractivity contribution in [3.63, 3.8) is 0 Å². The Bertz CT molecular complexity index is 1010. The van der Waals surface area contributed by atoms with E-state index in [-0.39, 0.29) is 4.90 Å². The van der Waals surface area contributed by atoms with Crippen molar-refractivity contribution < 1.29 is 29.9 Å². The molecule has 134 valence electrons. The van der Waals surface area contributed by atoms with E-state index in [0.29, 0.717) is 18.2 Å². The highest BCUT2D eigenvalue weighted by molar-refractivity contribution is 7.92. The summed E-state index contributed by atoms with van der Waals surface area (Å²) in [5.74, 6) is -3.83. The Balaban J connectivity index is 2.18. The maximum Gasteiger partial charge on any atom is 0.361 e. The van der Waals surface area contributed by atoms with Gasteiger partial charge in [0.15, 0.2) is 15.7 Å². The van der Waals surface area contributed by atoms with E-state index >= 15 is 0 Å². The highest BCUT2D eigenvalue weighted by Gasteiger charge is 2.23. The third-order valence-corrected chi connectivity index (χ3v) is 5.66. The van der Waals surface area contributed by atoms with E-state index in [4.69, 9.17) is 5.73 Å². The highest BCUT2D eigenvalue weighted by atomic mass is 32.2. The molecule has 25 heavy (non-hydrogen) atoms. The second-order valence-electron chi connectivity index (χ2n) is 4.76. The summed E-state index contributed by atoms with van der Waals surface area (Å²) in [5.41, 5.74) is 5.37. The Labute approximate surface area is 142 Å². The van der Waals surface area contributed by atoms with E-state index in [1.165, 1.54) is 24.3 Å². The molecule has 2 aromatic rings. The molecule has 0 fully saturated rings. The van der Waals surface area contributed by atoms with Gasteiger partial charge in [-0.05, 0) is 24.3 Å². The average molecular weight is 390 g/mol. The van der Waals surface area contributed by atoms with Crippen LogP contribution in [0.3, 0.4) is 0 Å². The highest BCUT2D eigenvalue weighted by Crippen LogP contribution is 2.18. The lowest BCUT2D eigenvalue weighted by atomic mass is 10.3. The summed E-state index contributed by atoms with van der Waals surface area (Å²) in [4.78, 5) is -1.00. The Morgan fingerprint density at radius 2 is 1.68 bits per heavy atom. The molecule has 2 rings (SSSR count). The first-order valence-corrected chi connectivity index (χ1v) is 9.67. The Morgan fingerprint density at radius 3 is 2.28 bits per heavy atom. The van der Waals surface area contributed by atoms with E-state index in [1.54, 1.807) is 6.07 Å². The summed E-state index contributed by atoms with van der Waals surface area (Å²) < 4.78 is 78.2. The van der Waals surface area contributed by atoms with Gasteiger partial charge < -0.3 is 5.73 Å². The molecule has 0 aliphatic carbocycles. The first kappa shape index (κ1) is 18.8. The molecule has 0 radical (unpaired) electrons. The van der Waals surface area contributed by atoms with Gasteiger partial charge in [0.25, 0.3) is 0 Å². The second-order valence-corrected chi connectivity index (χ2v) is 8.24. The van der Waals surface area contributed by atoms with Crippen LogP contribution in [-0.2, 0) is 24.2 Å². The molecule has 0 unspecified atom stereocenters. The van der Waals surface area contributed by atoms with Crippen LogP contribution in [0.25, 0.3) is 0 Å². The van der Waals surface area contributed by atoms with Crippen molar-refractivity contribution in [1.82, 2.24) is 0 Å². The molecule has 0 atom stereocenters. The molecule has 2 N–H and O–H groups in total. The lowest BCUT2D eigenvalue weighted by Gasteiger charge is -2.05. The van der Waals surface area contributed by atoms with Crippen molar-refractivity contribution >= 4 is 25.8 Å². The maximum absolute atomic E-state index is 13.5. The summed E-state index contributed by atoms with van der Waals surface area (Å²) in [7, 11) is -8.59. The number of amidine groups is 1. The molecule has 0 aliphatic rings. The van der Waals surface area contributed by atoms with E-state index in [0.717, 1.165) is 0 Å². The number of benzene rings is 2. The molecule has 2 aromatic carbocycles. The van der Waals surface area contributed by atoms with Crippen LogP contribution in [0, 0.1) is 11.6 Å². The van der Waals surface area contributed by atoms with E-state index in [1.807, 2.05) is 0 Å². The monoisotopic (exact) mass is 390 g/mol. The second kappa shape index (κ2) is 7.15. The first-order valence-electron chi connectivity index (χ1n) is 6.61. The fourth-order valence-corrected chi connectivity index (χ4v) is 3.73. The number of sulfone groups is 1. The molecule has 0 aliphatic heterocycles. The fourth-order valence-electron chi connectivity index (χ4n) is 1.75. The van der Waals surface area contributed by atoms with Gasteiger partial charge in [0.2, 0.25) is 0 Å². The minimum Gasteiger partial charge on any atom is -0.384 e. The number of hydrogen-bond donors (Lipinski definition) is 1. The molecule has 0 aromatic heterocycles. The number of nitrogens with two attached hydrogens (primary N) is 1. The number of rotatable bonds is 6. The predicted octanol–water partition coefficient (Wildman–Crippen LogP) is 1.42. The first-order chi connectivity index (χ1) is 11.6. The zero-order valence-electron chi connectivity index (χ0n) is 12.5. The zero-order valence-corrected chi connectivity index (χ0v) is 14.1. The Hall–Kier alpha value is -2.53. The molecule has 11 heteroatoms. The molecule has 0 amide bonds. The third kappa shape index (κ3) is 4.73. The SMILES string of the molecule is N/C(CS(=O)(=O)c1ccccc1)=N/OS(=O)(=O)c1ccc(F)cc1F. The summed E-state index contributed by atoms with van der Waals surface area (Å²) in [6.07, 6.45) is 0. The largest absolute Gasteiger partial charge is 0.384 e. The lowest BCUT2D eigenvalue weighted by molar-refractivity contribution is 0.335. The van der Waals surface area contributed by atoms with Crippen LogP contribution in [0.15, 0.2) is 63.5 Å². The van der Waals surface area contributed by atoms with Gasteiger partial charge in [0, 0.05) is 6.07 Å². The van der Waals surface area contributed by atoms with Gasteiger partial charge in [0.1, 0.15) is 22.3 Å². The molecule has 0 saturated carbocycles. The number of nitrogens with zero attached hydrogens (tertiary/aromatic N) is 1. The van der Waals surface area contributed by atoms with E-state index in [2.05, 4.69) is 9.44 Å². The normalized spacial score (nSPS) is 12.8. The van der Waals surface area contributed by atoms with Gasteiger partial charge in [-0.25, -0.2) is 17.2 Å². The van der Waals surface area contributed by atoms with Crippen LogP contribution in [0.5, 0.6) is 0 Å². The summed E-state index contributed by atoms with van der Waals surface area (Å²) in [6.45, 7) is 0. The van der Waals surface area contributed by atoms with Gasteiger partial charge in [-0.15, -0.1) is 0 Å². The topological polar surface area (TPSA) is 116 Å². The van der Waals surface area contributed by atoms with Crippen LogP contribution in [0.2, 0.25) is 0 Å². The van der Waals surface area contributed by atoms with Gasteiger partial charge >= 0.3 is 10.1 Å². The van der Waals surface area contributed by atoms with Crippen molar-refractivity contribution in [3.05, 3.63) is 60.2 Å². The van der Waals surface area contributed by atoms with Gasteiger partial charge in [-0.3, -0.25) is 4.28 Å². The summed E-state index contributed by atoms with van der Waals surface area (Å²) in [6, 6.07) is 8.98. The van der Waals surface area contributed by atoms with Crippen molar-refractivity contribution in [1.29, 1.82) is 0 Å². The third-order valence-electron chi connectivity index (χ3n) is 2.86. The van der Waals surface area contributed by atoms with Crippen molar-refractivity contribution in [2.75, 3.05) is 5.75 Å². The van der Waals surface area contributed by atoms with E-state index < -0.39 is 48.1 Å². The zero-order chi connectivity index (χ0) is 18.7. The predicted molar refractivity (Wildman–Crippen MR) is 84.7 cm³/mol. The van der Waals surface area contributed by atoms with Gasteiger partial charge in [0.05, 0.1) is 4.90 Å². The van der Waals surface area contributed by atoms with Crippen molar-refractivity contribution in [2.45, 2.75) is 9.79 Å². The molecule has 0 heterocycles. The minimum atomic E-state index is -4.73. The van der Waals surface area contributed by atoms with Crippen LogP contribution in [0.4, 0.5) is 8.78 Å². The molecule has 0 bridgehead atoms.